The van der Waals surface area contributed by atoms with Crippen LogP contribution >= 0.6 is 12.6 Å². The van der Waals surface area contributed by atoms with Gasteiger partial charge < -0.3 is 4.57 Å². The smallest absolute Gasteiger partial charge is 0.106 e. The number of hydrogen-bond acceptors (Lipinski definition) is 2. The van der Waals surface area contributed by atoms with E-state index in [1.165, 1.54) is 68.6 Å². The largest absolute Gasteiger partial charge is 0.331 e. The second kappa shape index (κ2) is 4.92. The van der Waals surface area contributed by atoms with Crippen LogP contribution in [0.15, 0.2) is 0 Å². The fourth-order valence-electron chi connectivity index (χ4n) is 3.77. The molecule has 1 fully saturated rings. The molecule has 100 valence electrons. The monoisotopic (exact) mass is 264 g/mol. The van der Waals surface area contributed by atoms with Gasteiger partial charge in [-0.05, 0) is 56.6 Å². The summed E-state index contributed by atoms with van der Waals surface area (Å²) < 4.78 is 2.52. The van der Waals surface area contributed by atoms with Crippen molar-refractivity contribution in [1.29, 1.82) is 0 Å². The maximum Gasteiger partial charge on any atom is 0.106 e. The first-order valence-corrected chi connectivity index (χ1v) is 8.03. The molecule has 18 heavy (non-hydrogen) atoms. The lowest BCUT2D eigenvalue weighted by atomic mass is 9.88. The average Bonchev–Trinajstić information content (AvgIpc) is 2.97. The van der Waals surface area contributed by atoms with Gasteiger partial charge in [-0.3, -0.25) is 0 Å². The Morgan fingerprint density at radius 2 is 1.89 bits per heavy atom. The standard InChI is InChI=1S/C15H24N2S/c1-12-16-13-6-2-3-7-14(13)17(12)10-15(11-18)8-4-5-9-15/h18H,2-11H2,1H3. The zero-order valence-corrected chi connectivity index (χ0v) is 12.3. The van der Waals surface area contributed by atoms with E-state index in [0.717, 1.165) is 12.3 Å². The van der Waals surface area contributed by atoms with Gasteiger partial charge in [0.1, 0.15) is 5.82 Å². The Kier molecular flexibility index (Phi) is 3.44. The van der Waals surface area contributed by atoms with Crippen LogP contribution in [-0.2, 0) is 19.4 Å². The Morgan fingerprint density at radius 1 is 1.17 bits per heavy atom. The van der Waals surface area contributed by atoms with Gasteiger partial charge in [-0.15, -0.1) is 0 Å². The van der Waals surface area contributed by atoms with Crippen LogP contribution in [0.25, 0.3) is 0 Å². The zero-order valence-electron chi connectivity index (χ0n) is 11.4. The summed E-state index contributed by atoms with van der Waals surface area (Å²) in [5, 5.41) is 0. The molecular weight excluding hydrogens is 240 g/mol. The second-order valence-electron chi connectivity index (χ2n) is 6.21. The zero-order chi connectivity index (χ0) is 12.6. The van der Waals surface area contributed by atoms with Gasteiger partial charge >= 0.3 is 0 Å². The van der Waals surface area contributed by atoms with Crippen molar-refractivity contribution in [3.63, 3.8) is 0 Å². The highest BCUT2D eigenvalue weighted by molar-refractivity contribution is 7.80. The van der Waals surface area contributed by atoms with Gasteiger partial charge in [0.05, 0.1) is 5.69 Å². The highest BCUT2D eigenvalue weighted by Crippen LogP contribution is 2.41. The van der Waals surface area contributed by atoms with Crippen molar-refractivity contribution in [2.24, 2.45) is 5.41 Å². The number of rotatable bonds is 3. The van der Waals surface area contributed by atoms with E-state index in [1.807, 2.05) is 0 Å². The fraction of sp³-hybridized carbons (Fsp3) is 0.800. The predicted octanol–water partition coefficient (Wildman–Crippen LogP) is 3.56. The first kappa shape index (κ1) is 12.6. The predicted molar refractivity (Wildman–Crippen MR) is 78.4 cm³/mol. The first-order chi connectivity index (χ1) is 8.74. The summed E-state index contributed by atoms with van der Waals surface area (Å²) in [6, 6.07) is 0. The molecular formula is C15H24N2S. The average molecular weight is 264 g/mol. The van der Waals surface area contributed by atoms with Crippen LogP contribution in [0.3, 0.4) is 0 Å². The first-order valence-electron chi connectivity index (χ1n) is 7.40. The molecule has 3 rings (SSSR count). The Balaban J connectivity index is 1.90. The van der Waals surface area contributed by atoms with Crippen molar-refractivity contribution in [3.8, 4) is 0 Å². The molecule has 0 radical (unpaired) electrons. The number of aryl methyl sites for hydroxylation is 2. The normalized spacial score (nSPS) is 22.1. The van der Waals surface area contributed by atoms with Crippen molar-refractivity contribution in [1.82, 2.24) is 9.55 Å². The fourth-order valence-corrected chi connectivity index (χ4v) is 4.19. The molecule has 0 N–H and O–H groups in total. The van der Waals surface area contributed by atoms with E-state index in [1.54, 1.807) is 0 Å². The van der Waals surface area contributed by atoms with E-state index in [4.69, 9.17) is 4.98 Å². The molecule has 0 unspecified atom stereocenters. The van der Waals surface area contributed by atoms with Crippen molar-refractivity contribution < 1.29 is 0 Å². The summed E-state index contributed by atoms with van der Waals surface area (Å²) in [5.74, 6) is 2.26. The Hall–Kier alpha value is -0.440. The SMILES string of the molecule is Cc1nc2c(n1CC1(CS)CCCC1)CCCC2. The highest BCUT2D eigenvalue weighted by Gasteiger charge is 2.34. The number of thiol groups is 1. The molecule has 0 atom stereocenters. The van der Waals surface area contributed by atoms with Crippen LogP contribution in [0, 0.1) is 12.3 Å². The Morgan fingerprint density at radius 3 is 2.61 bits per heavy atom. The van der Waals surface area contributed by atoms with Gasteiger partial charge in [0.2, 0.25) is 0 Å². The molecule has 1 saturated carbocycles. The third-order valence-corrected chi connectivity index (χ3v) is 5.59. The molecule has 2 aliphatic rings. The molecule has 0 bridgehead atoms. The van der Waals surface area contributed by atoms with Crippen LogP contribution in [0.2, 0.25) is 0 Å². The van der Waals surface area contributed by atoms with E-state index >= 15 is 0 Å². The van der Waals surface area contributed by atoms with E-state index in [-0.39, 0.29) is 0 Å². The van der Waals surface area contributed by atoms with Crippen molar-refractivity contribution in [2.75, 3.05) is 5.75 Å². The van der Waals surface area contributed by atoms with Gasteiger partial charge in [0.25, 0.3) is 0 Å². The lowest BCUT2D eigenvalue weighted by molar-refractivity contribution is 0.283. The summed E-state index contributed by atoms with van der Waals surface area (Å²) in [4.78, 5) is 4.80. The van der Waals surface area contributed by atoms with Crippen LogP contribution in [0.5, 0.6) is 0 Å². The summed E-state index contributed by atoms with van der Waals surface area (Å²) in [7, 11) is 0. The van der Waals surface area contributed by atoms with E-state index < -0.39 is 0 Å². The number of fused-ring (bicyclic) bond motifs is 1. The number of hydrogen-bond donors (Lipinski definition) is 1. The maximum absolute atomic E-state index is 4.80. The lowest BCUT2D eigenvalue weighted by Gasteiger charge is -2.29. The van der Waals surface area contributed by atoms with E-state index in [2.05, 4.69) is 24.1 Å². The number of nitrogens with zero attached hydrogens (tertiary/aromatic N) is 2. The summed E-state index contributed by atoms with van der Waals surface area (Å²) in [5.41, 5.74) is 3.36. The van der Waals surface area contributed by atoms with Crippen molar-refractivity contribution >= 4 is 12.6 Å². The summed E-state index contributed by atoms with van der Waals surface area (Å²) >= 11 is 4.64. The lowest BCUT2D eigenvalue weighted by Crippen LogP contribution is -2.27. The number of imidazole rings is 1. The molecule has 1 aromatic rings. The van der Waals surface area contributed by atoms with Crippen molar-refractivity contribution in [3.05, 3.63) is 17.2 Å². The molecule has 0 saturated heterocycles. The van der Waals surface area contributed by atoms with E-state index in [0.29, 0.717) is 5.41 Å². The van der Waals surface area contributed by atoms with Crippen molar-refractivity contribution in [2.45, 2.75) is 64.8 Å². The molecule has 2 nitrogen and oxygen atoms in total. The van der Waals surface area contributed by atoms with Gasteiger partial charge in [0, 0.05) is 12.2 Å². The highest BCUT2D eigenvalue weighted by atomic mass is 32.1. The van der Waals surface area contributed by atoms with Gasteiger partial charge in [0.15, 0.2) is 0 Å². The number of aromatic nitrogens is 2. The van der Waals surface area contributed by atoms with Crippen LogP contribution in [-0.4, -0.2) is 15.3 Å². The third kappa shape index (κ3) is 2.11. The summed E-state index contributed by atoms with van der Waals surface area (Å²) in [6.45, 7) is 3.34. The Bertz CT molecular complexity index is 430. The minimum Gasteiger partial charge on any atom is -0.331 e. The molecule has 1 heterocycles. The molecule has 0 amide bonds. The minimum absolute atomic E-state index is 0.444. The molecule has 2 aliphatic carbocycles. The third-order valence-electron chi connectivity index (χ3n) is 4.92. The van der Waals surface area contributed by atoms with Crippen LogP contribution < -0.4 is 0 Å². The summed E-state index contributed by atoms with van der Waals surface area (Å²) in [6.07, 6.45) is 10.6. The second-order valence-corrected chi connectivity index (χ2v) is 6.53. The minimum atomic E-state index is 0.444. The quantitative estimate of drug-likeness (QED) is 0.827. The molecule has 0 aliphatic heterocycles. The molecule has 0 spiro atoms. The topological polar surface area (TPSA) is 17.8 Å². The maximum atomic E-state index is 4.80. The molecule has 0 aromatic carbocycles. The molecule has 3 heteroatoms. The van der Waals surface area contributed by atoms with Gasteiger partial charge in [-0.25, -0.2) is 4.98 Å². The van der Waals surface area contributed by atoms with Gasteiger partial charge in [-0.2, -0.15) is 12.6 Å². The Labute approximate surface area is 116 Å². The van der Waals surface area contributed by atoms with Gasteiger partial charge in [-0.1, -0.05) is 12.8 Å². The van der Waals surface area contributed by atoms with Crippen LogP contribution in [0.1, 0.15) is 55.7 Å². The van der Waals surface area contributed by atoms with Crippen LogP contribution in [0.4, 0.5) is 0 Å². The molecule has 1 aromatic heterocycles. The van der Waals surface area contributed by atoms with E-state index in [9.17, 15) is 0 Å².